The van der Waals surface area contributed by atoms with Crippen LogP contribution in [-0.2, 0) is 4.79 Å². The lowest BCUT2D eigenvalue weighted by molar-refractivity contribution is -0.121. The fraction of sp³-hybridized carbons (Fsp3) is 0.929. The lowest BCUT2D eigenvalue weighted by Gasteiger charge is -2.11. The highest BCUT2D eigenvalue weighted by Gasteiger charge is 2.64. The predicted molar refractivity (Wildman–Crippen MR) is 67.5 cm³/mol. The van der Waals surface area contributed by atoms with Crippen LogP contribution in [-0.4, -0.2) is 24.5 Å². The van der Waals surface area contributed by atoms with E-state index in [9.17, 15) is 4.79 Å². The fourth-order valence-electron chi connectivity index (χ4n) is 4.34. The molecule has 0 spiro atoms. The summed E-state index contributed by atoms with van der Waals surface area (Å²) in [6.07, 6.45) is 5.07. The van der Waals surface area contributed by atoms with Gasteiger partial charge in [0.15, 0.2) is 0 Å². The monoisotopic (exact) mass is 236 g/mol. The third-order valence-electron chi connectivity index (χ3n) is 4.92. The molecule has 17 heavy (non-hydrogen) atoms. The van der Waals surface area contributed by atoms with Crippen molar-refractivity contribution in [2.24, 2.45) is 23.7 Å². The van der Waals surface area contributed by atoms with Gasteiger partial charge in [0.1, 0.15) is 0 Å². The fourth-order valence-corrected chi connectivity index (χ4v) is 4.34. The van der Waals surface area contributed by atoms with Crippen molar-refractivity contribution < 1.29 is 4.79 Å². The van der Waals surface area contributed by atoms with E-state index in [-0.39, 0.29) is 11.9 Å². The number of nitrogens with one attached hydrogen (secondary N) is 2. The molecule has 0 aromatic heterocycles. The zero-order chi connectivity index (χ0) is 12.0. The largest absolute Gasteiger partial charge is 0.354 e. The topological polar surface area (TPSA) is 41.1 Å². The van der Waals surface area contributed by atoms with Gasteiger partial charge in [-0.25, -0.2) is 0 Å². The molecule has 2 N–H and O–H groups in total. The molecule has 3 aliphatic carbocycles. The van der Waals surface area contributed by atoms with Gasteiger partial charge in [-0.2, -0.15) is 0 Å². The summed E-state index contributed by atoms with van der Waals surface area (Å²) in [5.41, 5.74) is 0. The van der Waals surface area contributed by atoms with Crippen molar-refractivity contribution in [3.8, 4) is 0 Å². The Kier molecular flexibility index (Phi) is 2.89. The molecule has 3 nitrogen and oxygen atoms in total. The van der Waals surface area contributed by atoms with Crippen molar-refractivity contribution in [3.05, 3.63) is 0 Å². The molecule has 1 amide bonds. The molecular formula is C14H24N2O. The summed E-state index contributed by atoms with van der Waals surface area (Å²) in [5.74, 6) is 4.17. The van der Waals surface area contributed by atoms with E-state index in [4.69, 9.17) is 0 Å². The number of rotatable bonds is 5. The number of carbonyl (C=O) groups excluding carboxylic acids is 1. The zero-order valence-corrected chi connectivity index (χ0v) is 10.9. The van der Waals surface area contributed by atoms with Gasteiger partial charge in [-0.05, 0) is 56.8 Å². The van der Waals surface area contributed by atoms with Crippen LogP contribution in [0.3, 0.4) is 0 Å². The summed E-state index contributed by atoms with van der Waals surface area (Å²) in [7, 11) is 0. The molecule has 0 radical (unpaired) electrons. The second kappa shape index (κ2) is 4.27. The Bertz CT molecular complexity index is 299. The third kappa shape index (κ3) is 2.10. The highest BCUT2D eigenvalue weighted by atomic mass is 16.1. The molecule has 96 valence electrons. The summed E-state index contributed by atoms with van der Waals surface area (Å²) >= 11 is 0. The standard InChI is InChI=1S/C14H24N2O/c1-8(2)16-11(17)5-6-15-14-12-9-3-4-10(7-9)13(12)14/h8-10,12-15H,3-7H2,1-2H3,(H,16,17). The predicted octanol–water partition coefficient (Wildman–Crippen LogP) is 1.54. The molecule has 0 aromatic rings. The summed E-state index contributed by atoms with van der Waals surface area (Å²) in [4.78, 5) is 11.5. The summed E-state index contributed by atoms with van der Waals surface area (Å²) < 4.78 is 0. The number of carbonyl (C=O) groups is 1. The van der Waals surface area contributed by atoms with Gasteiger partial charge in [0.25, 0.3) is 0 Å². The molecule has 3 fully saturated rings. The molecule has 4 atom stereocenters. The minimum atomic E-state index is 0.182. The van der Waals surface area contributed by atoms with Crippen LogP contribution >= 0.6 is 0 Å². The maximum absolute atomic E-state index is 11.5. The second-order valence-corrected chi connectivity index (χ2v) is 6.44. The van der Waals surface area contributed by atoms with Gasteiger partial charge in [-0.3, -0.25) is 4.79 Å². The second-order valence-electron chi connectivity index (χ2n) is 6.44. The molecule has 3 heteroatoms. The third-order valence-corrected chi connectivity index (χ3v) is 4.92. The average molecular weight is 236 g/mol. The van der Waals surface area contributed by atoms with Gasteiger partial charge in [0.2, 0.25) is 5.91 Å². The maximum atomic E-state index is 11.5. The quantitative estimate of drug-likeness (QED) is 0.760. The van der Waals surface area contributed by atoms with E-state index in [0.29, 0.717) is 6.42 Å². The van der Waals surface area contributed by atoms with Crippen LogP contribution in [0, 0.1) is 23.7 Å². The van der Waals surface area contributed by atoms with Crippen molar-refractivity contribution in [1.82, 2.24) is 10.6 Å². The molecule has 0 aromatic carbocycles. The Balaban J connectivity index is 1.36. The number of hydrogen-bond acceptors (Lipinski definition) is 2. The van der Waals surface area contributed by atoms with E-state index in [1.807, 2.05) is 13.8 Å². The Labute approximate surface area is 104 Å². The van der Waals surface area contributed by atoms with E-state index in [0.717, 1.165) is 36.3 Å². The van der Waals surface area contributed by atoms with Crippen molar-refractivity contribution in [3.63, 3.8) is 0 Å². The minimum absolute atomic E-state index is 0.182. The first-order valence-corrected chi connectivity index (χ1v) is 7.19. The van der Waals surface area contributed by atoms with Crippen LogP contribution in [0.4, 0.5) is 0 Å². The Morgan fingerprint density at radius 3 is 2.47 bits per heavy atom. The SMILES string of the molecule is CC(C)NC(=O)CCNC1C2C3CCC(C3)C12. The number of hydrogen-bond donors (Lipinski definition) is 2. The molecule has 4 unspecified atom stereocenters. The van der Waals surface area contributed by atoms with Gasteiger partial charge in [-0.15, -0.1) is 0 Å². The van der Waals surface area contributed by atoms with Gasteiger partial charge >= 0.3 is 0 Å². The molecule has 0 aliphatic heterocycles. The van der Waals surface area contributed by atoms with Crippen molar-refractivity contribution in [2.45, 2.75) is 51.6 Å². The van der Waals surface area contributed by atoms with E-state index in [2.05, 4.69) is 10.6 Å². The van der Waals surface area contributed by atoms with Gasteiger partial charge in [0, 0.05) is 25.0 Å². The van der Waals surface area contributed by atoms with Crippen molar-refractivity contribution in [2.75, 3.05) is 6.54 Å². The van der Waals surface area contributed by atoms with Gasteiger partial charge in [0.05, 0.1) is 0 Å². The molecule has 0 saturated heterocycles. The van der Waals surface area contributed by atoms with Crippen molar-refractivity contribution >= 4 is 5.91 Å². The summed E-state index contributed by atoms with van der Waals surface area (Å²) in [6.45, 7) is 4.87. The first-order chi connectivity index (χ1) is 8.16. The van der Waals surface area contributed by atoms with Crippen LogP contribution in [0.1, 0.15) is 39.5 Å². The van der Waals surface area contributed by atoms with Crippen LogP contribution in [0.2, 0.25) is 0 Å². The van der Waals surface area contributed by atoms with E-state index in [1.165, 1.54) is 19.3 Å². The lowest BCUT2D eigenvalue weighted by atomic mass is 10.0. The Hall–Kier alpha value is -0.570. The lowest BCUT2D eigenvalue weighted by Crippen LogP contribution is -2.33. The van der Waals surface area contributed by atoms with Gasteiger partial charge in [-0.1, -0.05) is 0 Å². The first kappa shape index (κ1) is 11.5. The highest BCUT2D eigenvalue weighted by Crippen LogP contribution is 2.65. The molecule has 3 aliphatic rings. The Morgan fingerprint density at radius 2 is 1.88 bits per heavy atom. The average Bonchev–Trinajstić information content (AvgIpc) is 2.68. The maximum Gasteiger partial charge on any atom is 0.221 e. The van der Waals surface area contributed by atoms with E-state index >= 15 is 0 Å². The minimum Gasteiger partial charge on any atom is -0.354 e. The normalized spacial score (nSPS) is 41.7. The zero-order valence-electron chi connectivity index (χ0n) is 10.9. The molecule has 2 bridgehead atoms. The Morgan fingerprint density at radius 1 is 1.24 bits per heavy atom. The van der Waals surface area contributed by atoms with E-state index in [1.54, 1.807) is 0 Å². The summed E-state index contributed by atoms with van der Waals surface area (Å²) in [5, 5.41) is 6.54. The number of amides is 1. The van der Waals surface area contributed by atoms with Crippen LogP contribution in [0.5, 0.6) is 0 Å². The van der Waals surface area contributed by atoms with E-state index < -0.39 is 0 Å². The van der Waals surface area contributed by atoms with Crippen LogP contribution in [0.15, 0.2) is 0 Å². The van der Waals surface area contributed by atoms with Crippen LogP contribution in [0.25, 0.3) is 0 Å². The summed E-state index contributed by atoms with van der Waals surface area (Å²) in [6, 6.07) is 1.02. The molecule has 3 rings (SSSR count). The molecule has 3 saturated carbocycles. The number of fused-ring (bicyclic) bond motifs is 5. The highest BCUT2D eigenvalue weighted by molar-refractivity contribution is 5.76. The smallest absolute Gasteiger partial charge is 0.221 e. The molecular weight excluding hydrogens is 212 g/mol. The molecule has 0 heterocycles. The first-order valence-electron chi connectivity index (χ1n) is 7.19. The van der Waals surface area contributed by atoms with Crippen LogP contribution < -0.4 is 10.6 Å². The van der Waals surface area contributed by atoms with Crippen molar-refractivity contribution in [1.29, 1.82) is 0 Å². The van der Waals surface area contributed by atoms with Gasteiger partial charge < -0.3 is 10.6 Å².